The van der Waals surface area contributed by atoms with Crippen LogP contribution in [0.5, 0.6) is 0 Å². The molecule has 7 nitrogen and oxygen atoms in total. The maximum absolute atomic E-state index is 4.64. The highest BCUT2D eigenvalue weighted by Gasteiger charge is 2.10. The van der Waals surface area contributed by atoms with Gasteiger partial charge in [0, 0.05) is 26.0 Å². The van der Waals surface area contributed by atoms with Crippen LogP contribution in [-0.2, 0) is 20.1 Å². The normalized spacial score (nSPS) is 11.8. The molecule has 0 unspecified atom stereocenters. The molecule has 2 aromatic heterocycles. The van der Waals surface area contributed by atoms with Crippen LogP contribution in [0.2, 0.25) is 0 Å². The molecule has 0 aromatic carbocycles. The summed E-state index contributed by atoms with van der Waals surface area (Å²) in [5, 5.41) is 14.7. The van der Waals surface area contributed by atoms with Gasteiger partial charge >= 0.3 is 0 Å². The molecule has 0 aliphatic rings. The molecule has 0 bridgehead atoms. The van der Waals surface area contributed by atoms with Crippen LogP contribution < -0.4 is 5.32 Å². The molecule has 0 atom stereocenters. The van der Waals surface area contributed by atoms with Gasteiger partial charge in [-0.05, 0) is 20.8 Å². The number of rotatable bonds is 5. The van der Waals surface area contributed by atoms with E-state index in [-0.39, 0.29) is 0 Å². The summed E-state index contributed by atoms with van der Waals surface area (Å²) < 4.78 is 1.96. The molecule has 0 saturated carbocycles. The Labute approximate surface area is 135 Å². The van der Waals surface area contributed by atoms with Gasteiger partial charge < -0.3 is 14.8 Å². The van der Waals surface area contributed by atoms with E-state index in [2.05, 4.69) is 42.7 Å². The number of hydrogen-bond donors (Lipinski definition) is 1. The molecular weight excluding hydrogens is 298 g/mol. The van der Waals surface area contributed by atoms with Crippen LogP contribution in [0, 0.1) is 13.8 Å². The average molecular weight is 321 g/mol. The third-order valence-corrected chi connectivity index (χ3v) is 4.14. The number of aliphatic imine (C=N–C) groups is 1. The van der Waals surface area contributed by atoms with E-state index in [9.17, 15) is 0 Å². The Balaban J connectivity index is 2.07. The van der Waals surface area contributed by atoms with Gasteiger partial charge in [0.25, 0.3) is 0 Å². The first kappa shape index (κ1) is 16.4. The van der Waals surface area contributed by atoms with Crippen LogP contribution in [0.25, 0.3) is 0 Å². The van der Waals surface area contributed by atoms with Crippen molar-refractivity contribution in [2.75, 3.05) is 13.6 Å². The van der Waals surface area contributed by atoms with Crippen LogP contribution in [-0.4, -0.2) is 44.2 Å². The van der Waals surface area contributed by atoms with E-state index in [1.54, 1.807) is 11.3 Å². The Morgan fingerprint density at radius 3 is 2.73 bits per heavy atom. The molecule has 22 heavy (non-hydrogen) atoms. The first-order valence-electron chi connectivity index (χ1n) is 7.26. The van der Waals surface area contributed by atoms with Gasteiger partial charge in [0.2, 0.25) is 0 Å². The van der Waals surface area contributed by atoms with Crippen molar-refractivity contribution in [3.8, 4) is 0 Å². The van der Waals surface area contributed by atoms with Crippen molar-refractivity contribution in [3.05, 3.63) is 27.7 Å². The fourth-order valence-corrected chi connectivity index (χ4v) is 2.61. The zero-order valence-corrected chi connectivity index (χ0v) is 14.6. The average Bonchev–Trinajstić information content (AvgIpc) is 3.03. The molecule has 0 aliphatic carbocycles. The second kappa shape index (κ2) is 7.35. The molecule has 2 heterocycles. The van der Waals surface area contributed by atoms with Gasteiger partial charge in [-0.25, -0.2) is 9.98 Å². The molecule has 8 heteroatoms. The SMILES string of the molecule is CCNC(=NCc1nnc(C)n1C)N(C)Cc1csc(C)n1. The summed E-state index contributed by atoms with van der Waals surface area (Å²) in [6, 6.07) is 0. The van der Waals surface area contributed by atoms with Crippen LogP contribution in [0.1, 0.15) is 29.3 Å². The van der Waals surface area contributed by atoms with Gasteiger partial charge in [-0.3, -0.25) is 0 Å². The van der Waals surface area contributed by atoms with E-state index in [1.165, 1.54) is 0 Å². The predicted octanol–water partition coefficient (Wildman–Crippen LogP) is 1.49. The van der Waals surface area contributed by atoms with Crippen LogP contribution in [0.3, 0.4) is 0 Å². The van der Waals surface area contributed by atoms with Crippen molar-refractivity contribution < 1.29 is 0 Å². The van der Waals surface area contributed by atoms with Crippen LogP contribution >= 0.6 is 11.3 Å². The summed E-state index contributed by atoms with van der Waals surface area (Å²) in [5.74, 6) is 2.58. The monoisotopic (exact) mass is 321 g/mol. The molecule has 0 saturated heterocycles. The fourth-order valence-electron chi connectivity index (χ4n) is 2.00. The topological polar surface area (TPSA) is 71.2 Å². The van der Waals surface area contributed by atoms with E-state index in [0.717, 1.165) is 41.4 Å². The number of aromatic nitrogens is 4. The zero-order chi connectivity index (χ0) is 16.1. The quantitative estimate of drug-likeness (QED) is 0.667. The van der Waals surface area contributed by atoms with Gasteiger partial charge in [0.1, 0.15) is 12.4 Å². The molecule has 2 rings (SSSR count). The molecule has 0 radical (unpaired) electrons. The van der Waals surface area contributed by atoms with E-state index in [1.807, 2.05) is 32.5 Å². The predicted molar refractivity (Wildman–Crippen MR) is 88.9 cm³/mol. The van der Waals surface area contributed by atoms with Crippen molar-refractivity contribution in [1.29, 1.82) is 0 Å². The third kappa shape index (κ3) is 4.03. The zero-order valence-electron chi connectivity index (χ0n) is 13.8. The molecule has 0 amide bonds. The number of nitrogens with zero attached hydrogens (tertiary/aromatic N) is 6. The Morgan fingerprint density at radius 1 is 1.41 bits per heavy atom. The lowest BCUT2D eigenvalue weighted by Gasteiger charge is -2.21. The fraction of sp³-hybridized carbons (Fsp3) is 0.571. The van der Waals surface area contributed by atoms with Crippen molar-refractivity contribution in [1.82, 2.24) is 30.0 Å². The summed E-state index contributed by atoms with van der Waals surface area (Å²) in [6.45, 7) is 8.06. The molecule has 0 aliphatic heterocycles. The lowest BCUT2D eigenvalue weighted by Crippen LogP contribution is -2.38. The second-order valence-corrected chi connectivity index (χ2v) is 6.17. The molecule has 0 spiro atoms. The maximum Gasteiger partial charge on any atom is 0.194 e. The number of aryl methyl sites for hydroxylation is 2. The molecular formula is C14H23N7S. The number of nitrogens with one attached hydrogen (secondary N) is 1. The smallest absolute Gasteiger partial charge is 0.194 e. The highest BCUT2D eigenvalue weighted by Crippen LogP contribution is 2.10. The summed E-state index contributed by atoms with van der Waals surface area (Å²) in [4.78, 5) is 11.2. The van der Waals surface area contributed by atoms with E-state index >= 15 is 0 Å². The van der Waals surface area contributed by atoms with Gasteiger partial charge in [-0.1, -0.05) is 0 Å². The Hall–Kier alpha value is -1.96. The number of thiazole rings is 1. The van der Waals surface area contributed by atoms with E-state index in [4.69, 9.17) is 0 Å². The van der Waals surface area contributed by atoms with Crippen molar-refractivity contribution in [2.24, 2.45) is 12.0 Å². The van der Waals surface area contributed by atoms with Gasteiger partial charge in [-0.15, -0.1) is 21.5 Å². The van der Waals surface area contributed by atoms with E-state index in [0.29, 0.717) is 6.54 Å². The minimum absolute atomic E-state index is 0.500. The van der Waals surface area contributed by atoms with Gasteiger partial charge in [0.05, 0.1) is 17.2 Å². The van der Waals surface area contributed by atoms with Gasteiger partial charge in [0.15, 0.2) is 11.8 Å². The number of hydrogen-bond acceptors (Lipinski definition) is 5. The standard InChI is InChI=1S/C14H23N7S/c1-6-15-14(16-7-13-19-18-10(2)21(13)5)20(4)8-12-9-22-11(3)17-12/h9H,6-8H2,1-5H3,(H,15,16). The second-order valence-electron chi connectivity index (χ2n) is 5.11. The lowest BCUT2D eigenvalue weighted by molar-refractivity contribution is 0.470. The molecule has 1 N–H and O–H groups in total. The van der Waals surface area contributed by atoms with Crippen molar-refractivity contribution >= 4 is 17.3 Å². The first-order chi connectivity index (χ1) is 10.5. The minimum Gasteiger partial charge on any atom is -0.357 e. The summed E-state index contributed by atoms with van der Waals surface area (Å²) in [6.07, 6.45) is 0. The van der Waals surface area contributed by atoms with Gasteiger partial charge in [-0.2, -0.15) is 0 Å². The highest BCUT2D eigenvalue weighted by molar-refractivity contribution is 7.09. The highest BCUT2D eigenvalue weighted by atomic mass is 32.1. The van der Waals surface area contributed by atoms with Crippen LogP contribution in [0.4, 0.5) is 0 Å². The van der Waals surface area contributed by atoms with Crippen molar-refractivity contribution in [2.45, 2.75) is 33.9 Å². The molecule has 120 valence electrons. The maximum atomic E-state index is 4.64. The number of guanidine groups is 1. The van der Waals surface area contributed by atoms with Crippen LogP contribution in [0.15, 0.2) is 10.4 Å². The Bertz CT molecular complexity index is 643. The molecule has 2 aromatic rings. The molecule has 0 fully saturated rings. The Kier molecular flexibility index (Phi) is 5.48. The van der Waals surface area contributed by atoms with E-state index < -0.39 is 0 Å². The first-order valence-corrected chi connectivity index (χ1v) is 8.14. The minimum atomic E-state index is 0.500. The summed E-state index contributed by atoms with van der Waals surface area (Å²) in [5.41, 5.74) is 1.06. The summed E-state index contributed by atoms with van der Waals surface area (Å²) >= 11 is 1.67. The lowest BCUT2D eigenvalue weighted by atomic mass is 10.4. The van der Waals surface area contributed by atoms with Crippen molar-refractivity contribution in [3.63, 3.8) is 0 Å². The Morgan fingerprint density at radius 2 is 2.18 bits per heavy atom. The third-order valence-electron chi connectivity index (χ3n) is 3.32. The largest absolute Gasteiger partial charge is 0.357 e. The summed E-state index contributed by atoms with van der Waals surface area (Å²) in [7, 11) is 3.97.